The van der Waals surface area contributed by atoms with Crippen molar-refractivity contribution >= 4 is 22.6 Å². The molecule has 1 N–H and O–H groups in total. The molecular weight excluding hydrogens is 453 g/mol. The fraction of sp³-hybridized carbons (Fsp3) is 0.619. The zero-order chi connectivity index (χ0) is 19.6. The lowest BCUT2D eigenvalue weighted by Gasteiger charge is -2.47. The number of hydrogen-bond acceptors (Lipinski definition) is 3. The van der Waals surface area contributed by atoms with Crippen molar-refractivity contribution in [1.29, 1.82) is 0 Å². The Balaban J connectivity index is 1.85. The Hall–Kier alpha value is -1.40. The number of nitrogens with zero attached hydrogens (tertiary/aromatic N) is 3. The van der Waals surface area contributed by atoms with E-state index < -0.39 is 0 Å². The van der Waals surface area contributed by atoms with Crippen LogP contribution in [0.4, 0.5) is 0 Å². The minimum atomic E-state index is -0.235. The smallest absolute Gasteiger partial charge is 0.136 e. The summed E-state index contributed by atoms with van der Waals surface area (Å²) in [6.45, 7) is 7.08. The molecule has 0 bridgehead atoms. The number of ether oxygens (including phenoxy) is 1. The summed E-state index contributed by atoms with van der Waals surface area (Å²) in [6.07, 6.45) is 8.13. The molecule has 2 atom stereocenters. The van der Waals surface area contributed by atoms with Gasteiger partial charge in [0.2, 0.25) is 0 Å². The number of allylic oxidation sites excluding steroid dienone is 2. The molecule has 0 saturated heterocycles. The molecule has 0 amide bonds. The number of unbranched alkanes of at least 4 members (excludes halogenated alkanes) is 2. The molecule has 27 heavy (non-hydrogen) atoms. The molecule has 0 saturated carbocycles. The zero-order valence-electron chi connectivity index (χ0n) is 16.3. The summed E-state index contributed by atoms with van der Waals surface area (Å²) in [7, 11) is 0. The summed E-state index contributed by atoms with van der Waals surface area (Å²) in [5.41, 5.74) is 11.6. The van der Waals surface area contributed by atoms with Crippen LogP contribution in [0.1, 0.15) is 69.9 Å². The molecule has 0 aromatic heterocycles. The number of phenolic OH excluding ortho intramolecular Hbond substituents is 1. The van der Waals surface area contributed by atoms with E-state index in [0.717, 1.165) is 59.0 Å². The first-order valence-corrected chi connectivity index (χ1v) is 10.8. The first-order valence-electron chi connectivity index (χ1n) is 9.75. The van der Waals surface area contributed by atoms with Crippen molar-refractivity contribution in [3.63, 3.8) is 0 Å². The second-order valence-corrected chi connectivity index (χ2v) is 9.36. The maximum Gasteiger partial charge on any atom is 0.136 e. The van der Waals surface area contributed by atoms with Crippen LogP contribution in [0.3, 0.4) is 0 Å². The SMILES string of the molecule is CC1=CCC2C(C1)c1c(cc(CCCCCN=[N+]=[N-])c(I)c1O)OC2(C)C. The molecule has 1 heterocycles. The molecule has 1 aromatic rings. The lowest BCUT2D eigenvalue weighted by atomic mass is 9.67. The van der Waals surface area contributed by atoms with Gasteiger partial charge in [0.25, 0.3) is 0 Å². The number of aryl methyl sites for hydroxylation is 1. The van der Waals surface area contributed by atoms with Gasteiger partial charge in [0.15, 0.2) is 0 Å². The number of rotatable bonds is 6. The highest BCUT2D eigenvalue weighted by atomic mass is 127. The van der Waals surface area contributed by atoms with Gasteiger partial charge >= 0.3 is 0 Å². The summed E-state index contributed by atoms with van der Waals surface area (Å²) >= 11 is 2.28. The third-order valence-electron chi connectivity index (χ3n) is 5.97. The Morgan fingerprint density at radius 3 is 2.89 bits per heavy atom. The molecule has 146 valence electrons. The Bertz CT molecular complexity index is 797. The third-order valence-corrected chi connectivity index (χ3v) is 7.17. The van der Waals surface area contributed by atoms with E-state index in [1.807, 2.05) is 0 Å². The Labute approximate surface area is 175 Å². The van der Waals surface area contributed by atoms with Crippen LogP contribution < -0.4 is 4.74 Å². The van der Waals surface area contributed by atoms with Crippen molar-refractivity contribution in [3.8, 4) is 11.5 Å². The molecule has 0 spiro atoms. The van der Waals surface area contributed by atoms with Crippen molar-refractivity contribution in [2.24, 2.45) is 11.0 Å². The van der Waals surface area contributed by atoms with Crippen molar-refractivity contribution in [1.82, 2.24) is 0 Å². The molecule has 1 aromatic carbocycles. The molecule has 5 nitrogen and oxygen atoms in total. The lowest BCUT2D eigenvalue weighted by molar-refractivity contribution is 0.00745. The number of fused-ring (bicyclic) bond motifs is 3. The minimum absolute atomic E-state index is 0.235. The van der Waals surface area contributed by atoms with E-state index in [0.29, 0.717) is 24.1 Å². The van der Waals surface area contributed by atoms with Gasteiger partial charge in [-0.05, 0) is 92.6 Å². The monoisotopic (exact) mass is 481 g/mol. The molecule has 2 aliphatic rings. The van der Waals surface area contributed by atoms with Gasteiger partial charge in [0.1, 0.15) is 17.1 Å². The molecule has 3 rings (SSSR count). The first kappa shape index (κ1) is 20.3. The van der Waals surface area contributed by atoms with Gasteiger partial charge < -0.3 is 9.84 Å². The largest absolute Gasteiger partial charge is 0.506 e. The second kappa shape index (κ2) is 8.31. The molecule has 6 heteroatoms. The molecule has 1 aliphatic carbocycles. The average molecular weight is 481 g/mol. The van der Waals surface area contributed by atoms with E-state index in [2.05, 4.69) is 65.5 Å². The van der Waals surface area contributed by atoms with Crippen molar-refractivity contribution in [2.75, 3.05) is 6.54 Å². The first-order chi connectivity index (χ1) is 12.8. The Morgan fingerprint density at radius 1 is 1.37 bits per heavy atom. The molecule has 0 radical (unpaired) electrons. The van der Waals surface area contributed by atoms with Crippen molar-refractivity contribution < 1.29 is 9.84 Å². The van der Waals surface area contributed by atoms with E-state index in [9.17, 15) is 5.11 Å². The summed E-state index contributed by atoms with van der Waals surface area (Å²) in [5.74, 6) is 1.98. The van der Waals surface area contributed by atoms with Crippen LogP contribution in [0.5, 0.6) is 11.5 Å². The summed E-state index contributed by atoms with van der Waals surface area (Å²) in [4.78, 5) is 2.79. The van der Waals surface area contributed by atoms with Gasteiger partial charge in [0, 0.05) is 28.9 Å². The molecular formula is C21H28IN3O2. The van der Waals surface area contributed by atoms with Gasteiger partial charge in [-0.2, -0.15) is 0 Å². The van der Waals surface area contributed by atoms with Crippen LogP contribution in [0.25, 0.3) is 10.4 Å². The van der Waals surface area contributed by atoms with Gasteiger partial charge in [0.05, 0.1) is 3.57 Å². The van der Waals surface area contributed by atoms with Crippen molar-refractivity contribution in [3.05, 3.63) is 42.9 Å². The number of hydrogen-bond donors (Lipinski definition) is 1. The number of azide groups is 1. The van der Waals surface area contributed by atoms with E-state index in [-0.39, 0.29) is 5.60 Å². The fourth-order valence-electron chi connectivity index (χ4n) is 4.53. The predicted octanol–water partition coefficient (Wildman–Crippen LogP) is 6.63. The van der Waals surface area contributed by atoms with Gasteiger partial charge in [-0.25, -0.2) is 0 Å². The van der Waals surface area contributed by atoms with Crippen LogP contribution in [-0.4, -0.2) is 17.3 Å². The van der Waals surface area contributed by atoms with Crippen molar-refractivity contribution in [2.45, 2.75) is 70.8 Å². The molecule has 0 fully saturated rings. The fourth-order valence-corrected chi connectivity index (χ4v) is 5.24. The van der Waals surface area contributed by atoms with E-state index in [1.54, 1.807) is 0 Å². The summed E-state index contributed by atoms with van der Waals surface area (Å²) in [6, 6.07) is 2.15. The van der Waals surface area contributed by atoms with E-state index in [4.69, 9.17) is 10.3 Å². The van der Waals surface area contributed by atoms with Crippen LogP contribution in [0, 0.1) is 9.49 Å². The Morgan fingerprint density at radius 2 is 2.15 bits per heavy atom. The number of benzene rings is 1. The van der Waals surface area contributed by atoms with Gasteiger partial charge in [-0.3, -0.25) is 0 Å². The number of halogens is 1. The van der Waals surface area contributed by atoms with Crippen LogP contribution >= 0.6 is 22.6 Å². The summed E-state index contributed by atoms with van der Waals surface area (Å²) < 4.78 is 7.37. The quantitative estimate of drug-likeness (QED) is 0.124. The standard InChI is InChI=1S/C21H28IN3O2/c1-13-8-9-16-15(11-13)18-17(27-21(16,2)3)12-14(19(22)20(18)26)7-5-4-6-10-24-25-23/h8,12,15-16,26H,4-7,9-11H2,1-3H3. The second-order valence-electron chi connectivity index (χ2n) is 8.28. The highest BCUT2D eigenvalue weighted by molar-refractivity contribution is 14.1. The topological polar surface area (TPSA) is 78.2 Å². The Kier molecular flexibility index (Phi) is 6.26. The predicted molar refractivity (Wildman–Crippen MR) is 116 cm³/mol. The maximum absolute atomic E-state index is 11.0. The molecule has 1 aliphatic heterocycles. The molecule has 2 unspecified atom stereocenters. The normalized spacial score (nSPS) is 22.7. The zero-order valence-corrected chi connectivity index (χ0v) is 18.5. The number of aromatic hydroxyl groups is 1. The van der Waals surface area contributed by atoms with Crippen LogP contribution in [0.2, 0.25) is 0 Å². The highest BCUT2D eigenvalue weighted by Crippen LogP contribution is 2.55. The van der Waals surface area contributed by atoms with Gasteiger partial charge in [-0.15, -0.1) is 0 Å². The number of phenols is 1. The van der Waals surface area contributed by atoms with Gasteiger partial charge in [-0.1, -0.05) is 23.2 Å². The lowest BCUT2D eigenvalue weighted by Crippen LogP contribution is -2.45. The third kappa shape index (κ3) is 4.21. The van der Waals surface area contributed by atoms with Crippen LogP contribution in [0.15, 0.2) is 22.8 Å². The average Bonchev–Trinajstić information content (AvgIpc) is 2.61. The van der Waals surface area contributed by atoms with Crippen LogP contribution in [-0.2, 0) is 6.42 Å². The van der Waals surface area contributed by atoms with E-state index in [1.165, 1.54) is 5.57 Å². The minimum Gasteiger partial charge on any atom is -0.506 e. The van der Waals surface area contributed by atoms with E-state index >= 15 is 0 Å². The summed E-state index contributed by atoms with van der Waals surface area (Å²) in [5, 5.41) is 14.6. The maximum atomic E-state index is 11.0. The highest BCUT2D eigenvalue weighted by Gasteiger charge is 2.46.